The number of amides is 2. The average molecular weight is 354 g/mol. The maximum Gasteiger partial charge on any atom is 0.255 e. The number of ether oxygens (including phenoxy) is 2. The normalized spacial score (nSPS) is 14.8. The van der Waals surface area contributed by atoms with Crippen LogP contribution in [0.25, 0.3) is 0 Å². The molecule has 1 saturated carbocycles. The van der Waals surface area contributed by atoms with Crippen LogP contribution in [-0.2, 0) is 10.3 Å². The Bertz CT molecular complexity index is 801. The van der Waals surface area contributed by atoms with Crippen molar-refractivity contribution in [1.82, 2.24) is 5.32 Å². The molecule has 0 saturated heterocycles. The molecule has 6 heteroatoms. The molecular weight excluding hydrogens is 332 g/mol. The summed E-state index contributed by atoms with van der Waals surface area (Å²) in [6, 6.07) is 14.9. The van der Waals surface area contributed by atoms with E-state index in [1.807, 2.05) is 30.3 Å². The van der Waals surface area contributed by atoms with Crippen molar-refractivity contribution >= 4 is 11.8 Å². The van der Waals surface area contributed by atoms with E-state index in [1.165, 1.54) is 7.11 Å². The first-order chi connectivity index (χ1) is 12.5. The molecule has 0 unspecified atom stereocenters. The minimum atomic E-state index is -0.580. The van der Waals surface area contributed by atoms with E-state index >= 15 is 0 Å². The molecule has 0 radical (unpaired) electrons. The summed E-state index contributed by atoms with van der Waals surface area (Å²) in [6.07, 6.45) is 2.91. The first kappa shape index (κ1) is 17.8. The van der Waals surface area contributed by atoms with Gasteiger partial charge in [-0.2, -0.15) is 0 Å². The summed E-state index contributed by atoms with van der Waals surface area (Å²) in [7, 11) is 1.48. The molecule has 1 fully saturated rings. The number of benzene rings is 2. The van der Waals surface area contributed by atoms with Gasteiger partial charge in [0.15, 0.2) is 18.1 Å². The molecule has 0 aromatic heterocycles. The van der Waals surface area contributed by atoms with Gasteiger partial charge in [-0.3, -0.25) is 9.59 Å². The maximum absolute atomic E-state index is 12.8. The van der Waals surface area contributed by atoms with E-state index in [2.05, 4.69) is 5.32 Å². The van der Waals surface area contributed by atoms with E-state index in [0.717, 1.165) is 24.8 Å². The molecule has 1 aliphatic carbocycles. The van der Waals surface area contributed by atoms with Gasteiger partial charge in [0.2, 0.25) is 0 Å². The van der Waals surface area contributed by atoms with Gasteiger partial charge in [0, 0.05) is 5.56 Å². The summed E-state index contributed by atoms with van der Waals surface area (Å²) >= 11 is 0. The van der Waals surface area contributed by atoms with Gasteiger partial charge in [0.1, 0.15) is 0 Å². The van der Waals surface area contributed by atoms with Crippen molar-refractivity contribution in [3.63, 3.8) is 0 Å². The fourth-order valence-corrected chi connectivity index (χ4v) is 3.14. The molecule has 0 aliphatic heterocycles. The van der Waals surface area contributed by atoms with Crippen LogP contribution >= 0.6 is 0 Å². The largest absolute Gasteiger partial charge is 0.493 e. The third kappa shape index (κ3) is 3.64. The van der Waals surface area contributed by atoms with Crippen LogP contribution in [0.15, 0.2) is 48.5 Å². The molecule has 26 heavy (non-hydrogen) atoms. The van der Waals surface area contributed by atoms with Gasteiger partial charge in [-0.25, -0.2) is 0 Å². The summed E-state index contributed by atoms with van der Waals surface area (Å²) in [5.74, 6) is -0.0116. The van der Waals surface area contributed by atoms with Gasteiger partial charge < -0.3 is 20.5 Å². The average Bonchev–Trinajstić information content (AvgIpc) is 2.63. The number of primary amides is 1. The van der Waals surface area contributed by atoms with Crippen LogP contribution in [0.4, 0.5) is 0 Å². The number of hydrogen-bond acceptors (Lipinski definition) is 4. The van der Waals surface area contributed by atoms with Crippen molar-refractivity contribution in [3.05, 3.63) is 59.7 Å². The number of rotatable bonds is 7. The molecule has 2 aromatic carbocycles. The second-order valence-electron chi connectivity index (χ2n) is 6.38. The Labute approximate surface area is 152 Å². The Morgan fingerprint density at radius 2 is 1.85 bits per heavy atom. The maximum atomic E-state index is 12.8. The number of carbonyl (C=O) groups is 2. The summed E-state index contributed by atoms with van der Waals surface area (Å²) in [6.45, 7) is -0.251. The van der Waals surface area contributed by atoms with Crippen LogP contribution in [-0.4, -0.2) is 25.5 Å². The van der Waals surface area contributed by atoms with Gasteiger partial charge in [-0.1, -0.05) is 30.3 Å². The Morgan fingerprint density at radius 3 is 2.42 bits per heavy atom. The van der Waals surface area contributed by atoms with Crippen LogP contribution < -0.4 is 20.5 Å². The van der Waals surface area contributed by atoms with Gasteiger partial charge in [-0.15, -0.1) is 0 Å². The lowest BCUT2D eigenvalue weighted by Gasteiger charge is -2.43. The standard InChI is InChI=1S/C20H22N2O4/c1-25-17-12-14(8-9-16(17)26-13-18(21)23)19(24)22-20(10-5-11-20)15-6-3-2-4-7-15/h2-4,6-9,12H,5,10-11,13H2,1H3,(H2,21,23)(H,22,24). The Morgan fingerprint density at radius 1 is 1.12 bits per heavy atom. The van der Waals surface area contributed by atoms with Crippen LogP contribution in [0, 0.1) is 0 Å². The van der Waals surface area contributed by atoms with E-state index in [4.69, 9.17) is 15.2 Å². The highest BCUT2D eigenvalue weighted by Crippen LogP contribution is 2.41. The number of nitrogens with two attached hydrogens (primary N) is 1. The van der Waals surface area contributed by atoms with Crippen molar-refractivity contribution in [1.29, 1.82) is 0 Å². The highest BCUT2D eigenvalue weighted by molar-refractivity contribution is 5.95. The Hall–Kier alpha value is -3.02. The van der Waals surface area contributed by atoms with E-state index < -0.39 is 5.91 Å². The third-order valence-electron chi connectivity index (χ3n) is 4.68. The van der Waals surface area contributed by atoms with E-state index in [1.54, 1.807) is 18.2 Å². The summed E-state index contributed by atoms with van der Waals surface area (Å²) in [5, 5.41) is 3.17. The molecule has 0 atom stereocenters. The topological polar surface area (TPSA) is 90.7 Å². The lowest BCUT2D eigenvalue weighted by Crippen LogP contribution is -2.50. The van der Waals surface area contributed by atoms with Gasteiger partial charge in [-0.05, 0) is 43.0 Å². The third-order valence-corrected chi connectivity index (χ3v) is 4.68. The minimum Gasteiger partial charge on any atom is -0.493 e. The van der Waals surface area contributed by atoms with E-state index in [0.29, 0.717) is 17.1 Å². The molecule has 0 bridgehead atoms. The number of hydrogen-bond donors (Lipinski definition) is 2. The van der Waals surface area contributed by atoms with Gasteiger partial charge >= 0.3 is 0 Å². The lowest BCUT2D eigenvalue weighted by atomic mass is 9.71. The van der Waals surface area contributed by atoms with Gasteiger partial charge in [0.05, 0.1) is 12.6 Å². The fraction of sp³-hybridized carbons (Fsp3) is 0.300. The van der Waals surface area contributed by atoms with Crippen molar-refractivity contribution in [2.45, 2.75) is 24.8 Å². The zero-order valence-corrected chi connectivity index (χ0v) is 14.7. The van der Waals surface area contributed by atoms with Crippen molar-refractivity contribution in [3.8, 4) is 11.5 Å². The molecule has 3 rings (SSSR count). The summed E-state index contributed by atoms with van der Waals surface area (Å²) < 4.78 is 10.6. The van der Waals surface area contributed by atoms with Crippen LogP contribution in [0.2, 0.25) is 0 Å². The van der Waals surface area contributed by atoms with Crippen LogP contribution in [0.3, 0.4) is 0 Å². The molecule has 3 N–H and O–H groups in total. The zero-order valence-electron chi connectivity index (χ0n) is 14.7. The SMILES string of the molecule is COc1cc(C(=O)NC2(c3ccccc3)CCC2)ccc1OCC(N)=O. The predicted molar refractivity (Wildman–Crippen MR) is 97.1 cm³/mol. The molecule has 1 aliphatic rings. The van der Waals surface area contributed by atoms with Gasteiger partial charge in [0.25, 0.3) is 11.8 Å². The number of nitrogens with one attached hydrogen (secondary N) is 1. The first-order valence-corrected chi connectivity index (χ1v) is 8.51. The Balaban J connectivity index is 1.78. The molecule has 6 nitrogen and oxygen atoms in total. The second-order valence-corrected chi connectivity index (χ2v) is 6.38. The van der Waals surface area contributed by atoms with Crippen molar-refractivity contribution in [2.24, 2.45) is 5.73 Å². The number of carbonyl (C=O) groups excluding carboxylic acids is 2. The monoisotopic (exact) mass is 354 g/mol. The molecule has 2 aromatic rings. The molecule has 2 amide bonds. The zero-order chi connectivity index (χ0) is 18.6. The van der Waals surface area contributed by atoms with Crippen molar-refractivity contribution in [2.75, 3.05) is 13.7 Å². The highest BCUT2D eigenvalue weighted by Gasteiger charge is 2.40. The Kier molecular flexibility index (Phi) is 5.11. The highest BCUT2D eigenvalue weighted by atomic mass is 16.5. The fourth-order valence-electron chi connectivity index (χ4n) is 3.14. The quantitative estimate of drug-likeness (QED) is 0.799. The van der Waals surface area contributed by atoms with Crippen molar-refractivity contribution < 1.29 is 19.1 Å². The second kappa shape index (κ2) is 7.47. The molecule has 0 heterocycles. The van der Waals surface area contributed by atoms with Crippen LogP contribution in [0.1, 0.15) is 35.2 Å². The minimum absolute atomic E-state index is 0.173. The number of methoxy groups -OCH3 is 1. The van der Waals surface area contributed by atoms with E-state index in [9.17, 15) is 9.59 Å². The van der Waals surface area contributed by atoms with E-state index in [-0.39, 0.29) is 18.1 Å². The summed E-state index contributed by atoms with van der Waals surface area (Å²) in [4.78, 5) is 23.7. The first-order valence-electron chi connectivity index (χ1n) is 8.51. The smallest absolute Gasteiger partial charge is 0.255 e. The molecule has 0 spiro atoms. The molecular formula is C20H22N2O4. The molecule has 136 valence electrons. The van der Waals surface area contributed by atoms with Crippen LogP contribution in [0.5, 0.6) is 11.5 Å². The lowest BCUT2D eigenvalue weighted by molar-refractivity contribution is -0.119. The summed E-state index contributed by atoms with van der Waals surface area (Å²) in [5.41, 5.74) is 6.36. The predicted octanol–water partition coefficient (Wildman–Crippen LogP) is 2.37.